The van der Waals surface area contributed by atoms with Gasteiger partial charge >= 0.3 is 16.9 Å². The maximum Gasteiger partial charge on any atom is 0.354 e. The second-order valence-electron chi connectivity index (χ2n) is 4.58. The molecule has 2 rings (SSSR count). The summed E-state index contributed by atoms with van der Waals surface area (Å²) in [6.45, 7) is 0. The molecule has 0 unspecified atom stereocenters. The van der Waals surface area contributed by atoms with Crippen molar-refractivity contribution in [2.45, 2.75) is 9.65 Å². The van der Waals surface area contributed by atoms with Gasteiger partial charge in [-0.2, -0.15) is 0 Å². The standard InChI is InChI=1S/C12H8Br2N4O6/c13-7(5-2-1-3-6(4-5)17(21)22)8(14)9-10(18(23)24)11(19)16-12(20)15-9/h1-4,7-8H,(H2,15,16,19,20)/t7-,8-/m1/s1. The first-order valence-electron chi connectivity index (χ1n) is 6.25. The van der Waals surface area contributed by atoms with Crippen molar-refractivity contribution in [1.82, 2.24) is 9.97 Å². The minimum Gasteiger partial charge on any atom is -0.304 e. The third-order valence-electron chi connectivity index (χ3n) is 3.06. The van der Waals surface area contributed by atoms with Gasteiger partial charge in [0.1, 0.15) is 5.69 Å². The van der Waals surface area contributed by atoms with Crippen LogP contribution in [0.5, 0.6) is 0 Å². The molecule has 2 atom stereocenters. The lowest BCUT2D eigenvalue weighted by Gasteiger charge is -2.16. The topological polar surface area (TPSA) is 152 Å². The number of hydrogen-bond acceptors (Lipinski definition) is 6. The highest BCUT2D eigenvalue weighted by atomic mass is 79.9. The van der Waals surface area contributed by atoms with Crippen LogP contribution in [0, 0.1) is 20.2 Å². The first-order chi connectivity index (χ1) is 11.2. The fraction of sp³-hybridized carbons (Fsp3) is 0.167. The average Bonchev–Trinajstić information content (AvgIpc) is 2.52. The smallest absolute Gasteiger partial charge is 0.304 e. The van der Waals surface area contributed by atoms with Gasteiger partial charge in [0, 0.05) is 12.1 Å². The van der Waals surface area contributed by atoms with Gasteiger partial charge in [0.15, 0.2) is 0 Å². The Morgan fingerprint density at radius 1 is 1.00 bits per heavy atom. The summed E-state index contributed by atoms with van der Waals surface area (Å²) in [5.41, 5.74) is -2.83. The van der Waals surface area contributed by atoms with Crippen molar-refractivity contribution >= 4 is 43.2 Å². The molecule has 0 amide bonds. The maximum absolute atomic E-state index is 11.7. The highest BCUT2D eigenvalue weighted by molar-refractivity contribution is 9.12. The lowest BCUT2D eigenvalue weighted by molar-refractivity contribution is -0.387. The summed E-state index contributed by atoms with van der Waals surface area (Å²) in [6.07, 6.45) is 0. The molecule has 1 aromatic heterocycles. The Morgan fingerprint density at radius 2 is 1.67 bits per heavy atom. The summed E-state index contributed by atoms with van der Waals surface area (Å²) in [4.78, 5) is 46.0. The third kappa shape index (κ3) is 3.59. The average molecular weight is 464 g/mol. The van der Waals surface area contributed by atoms with Gasteiger partial charge < -0.3 is 4.98 Å². The van der Waals surface area contributed by atoms with Gasteiger partial charge in [-0.1, -0.05) is 44.0 Å². The molecule has 126 valence electrons. The van der Waals surface area contributed by atoms with Crippen LogP contribution in [-0.4, -0.2) is 19.8 Å². The summed E-state index contributed by atoms with van der Waals surface area (Å²) in [5.74, 6) is 0. The molecule has 0 saturated heterocycles. The molecule has 0 aliphatic heterocycles. The van der Waals surface area contributed by atoms with E-state index in [0.717, 1.165) is 0 Å². The lowest BCUT2D eigenvalue weighted by atomic mass is 10.1. The minimum absolute atomic E-state index is 0.162. The maximum atomic E-state index is 11.7. The van der Waals surface area contributed by atoms with Crippen molar-refractivity contribution < 1.29 is 9.85 Å². The molecular weight excluding hydrogens is 456 g/mol. The highest BCUT2D eigenvalue weighted by Crippen LogP contribution is 2.43. The van der Waals surface area contributed by atoms with E-state index in [1.54, 1.807) is 11.1 Å². The summed E-state index contributed by atoms with van der Waals surface area (Å²) >= 11 is 6.47. The van der Waals surface area contributed by atoms with Gasteiger partial charge in [-0.15, -0.1) is 0 Å². The number of aromatic amines is 2. The molecule has 0 aliphatic rings. The molecule has 0 spiro atoms. The number of nitrogens with zero attached hydrogens (tertiary/aromatic N) is 2. The normalized spacial score (nSPS) is 13.2. The van der Waals surface area contributed by atoms with Crippen LogP contribution in [0.4, 0.5) is 11.4 Å². The first-order valence-corrected chi connectivity index (χ1v) is 8.09. The Labute approximate surface area is 149 Å². The number of hydrogen-bond donors (Lipinski definition) is 2. The van der Waals surface area contributed by atoms with Crippen LogP contribution in [0.2, 0.25) is 0 Å². The van der Waals surface area contributed by atoms with Crippen molar-refractivity contribution in [3.05, 3.63) is 76.6 Å². The molecule has 0 radical (unpaired) electrons. The van der Waals surface area contributed by atoms with Gasteiger partial charge in [0.05, 0.1) is 19.5 Å². The Hall–Kier alpha value is -2.34. The van der Waals surface area contributed by atoms with E-state index in [-0.39, 0.29) is 11.4 Å². The Bertz CT molecular complexity index is 924. The van der Waals surface area contributed by atoms with E-state index in [9.17, 15) is 29.8 Å². The van der Waals surface area contributed by atoms with E-state index in [0.29, 0.717) is 5.56 Å². The predicted octanol–water partition coefficient (Wildman–Crippen LogP) is 2.45. The molecule has 1 aromatic carbocycles. The Balaban J connectivity index is 2.52. The van der Waals surface area contributed by atoms with E-state index in [1.165, 1.54) is 18.2 Å². The number of nitrogens with one attached hydrogen (secondary N) is 2. The summed E-state index contributed by atoms with van der Waals surface area (Å²) < 4.78 is 0. The molecule has 12 heteroatoms. The first kappa shape index (κ1) is 18.0. The zero-order valence-electron chi connectivity index (χ0n) is 11.6. The van der Waals surface area contributed by atoms with Crippen molar-refractivity contribution in [2.24, 2.45) is 0 Å². The number of benzene rings is 1. The molecule has 2 N–H and O–H groups in total. The number of rotatable bonds is 5. The number of nitro groups is 2. The molecule has 0 fully saturated rings. The Morgan fingerprint density at radius 3 is 2.25 bits per heavy atom. The quantitative estimate of drug-likeness (QED) is 0.394. The van der Waals surface area contributed by atoms with E-state index in [4.69, 9.17) is 0 Å². The molecule has 10 nitrogen and oxygen atoms in total. The predicted molar refractivity (Wildman–Crippen MR) is 90.8 cm³/mol. The zero-order valence-corrected chi connectivity index (χ0v) is 14.7. The summed E-state index contributed by atoms with van der Waals surface area (Å²) in [7, 11) is 0. The van der Waals surface area contributed by atoms with Crippen molar-refractivity contribution in [3.63, 3.8) is 0 Å². The van der Waals surface area contributed by atoms with Crippen LogP contribution >= 0.6 is 31.9 Å². The molecular formula is C12H8Br2N4O6. The van der Waals surface area contributed by atoms with Crippen LogP contribution in [0.3, 0.4) is 0 Å². The lowest BCUT2D eigenvalue weighted by Crippen LogP contribution is -2.27. The number of non-ortho nitro benzene ring substituents is 1. The minimum atomic E-state index is -1.14. The second-order valence-corrected chi connectivity index (χ2v) is 6.56. The van der Waals surface area contributed by atoms with E-state index >= 15 is 0 Å². The van der Waals surface area contributed by atoms with E-state index in [2.05, 4.69) is 36.8 Å². The fourth-order valence-electron chi connectivity index (χ4n) is 2.00. The molecule has 24 heavy (non-hydrogen) atoms. The van der Waals surface area contributed by atoms with Crippen LogP contribution in [0.1, 0.15) is 20.9 Å². The molecule has 2 aromatic rings. The summed E-state index contributed by atoms with van der Waals surface area (Å²) in [6, 6.07) is 5.60. The fourth-order valence-corrected chi connectivity index (χ4v) is 3.19. The molecule has 1 heterocycles. The second kappa shape index (κ2) is 7.05. The zero-order chi connectivity index (χ0) is 18.0. The van der Waals surface area contributed by atoms with Crippen LogP contribution < -0.4 is 11.2 Å². The number of aromatic nitrogens is 2. The summed E-state index contributed by atoms with van der Waals surface area (Å²) in [5, 5.41) is 21.9. The van der Waals surface area contributed by atoms with Crippen LogP contribution in [-0.2, 0) is 0 Å². The number of halogens is 2. The monoisotopic (exact) mass is 462 g/mol. The van der Waals surface area contributed by atoms with Gasteiger partial charge in [-0.05, 0) is 5.56 Å². The van der Waals surface area contributed by atoms with E-state index in [1.807, 2.05) is 0 Å². The van der Waals surface area contributed by atoms with Crippen molar-refractivity contribution in [3.8, 4) is 0 Å². The number of alkyl halides is 2. The third-order valence-corrected chi connectivity index (χ3v) is 5.81. The molecule has 0 bridgehead atoms. The number of H-pyrrole nitrogens is 2. The van der Waals surface area contributed by atoms with E-state index < -0.39 is 36.4 Å². The SMILES string of the molecule is O=c1[nH]c([C@H](Br)[C@H](Br)c2cccc([N+](=O)[O-])c2)c([N+](=O)[O-])c(=O)[nH]1. The van der Waals surface area contributed by atoms with Gasteiger partial charge in [-0.3, -0.25) is 30.0 Å². The molecule has 0 saturated carbocycles. The highest BCUT2D eigenvalue weighted by Gasteiger charge is 2.31. The largest absolute Gasteiger partial charge is 0.354 e. The van der Waals surface area contributed by atoms with Gasteiger partial charge in [-0.25, -0.2) is 4.79 Å². The van der Waals surface area contributed by atoms with Crippen molar-refractivity contribution in [2.75, 3.05) is 0 Å². The van der Waals surface area contributed by atoms with Crippen molar-refractivity contribution in [1.29, 1.82) is 0 Å². The van der Waals surface area contributed by atoms with Crippen LogP contribution in [0.15, 0.2) is 33.9 Å². The van der Waals surface area contributed by atoms with Gasteiger partial charge in [0.25, 0.3) is 5.69 Å². The van der Waals surface area contributed by atoms with Gasteiger partial charge in [0.2, 0.25) is 0 Å². The molecule has 0 aliphatic carbocycles. The number of nitro benzene ring substituents is 1. The Kier molecular flexibility index (Phi) is 5.29. The van der Waals surface area contributed by atoms with Crippen LogP contribution in [0.25, 0.3) is 0 Å².